The van der Waals surface area contributed by atoms with E-state index in [2.05, 4.69) is 10.0 Å². The van der Waals surface area contributed by atoms with Crippen LogP contribution >= 0.6 is 0 Å². The minimum absolute atomic E-state index is 0.0671. The summed E-state index contributed by atoms with van der Waals surface area (Å²) in [6.07, 6.45) is -0.712. The number of hydrogen-bond donors (Lipinski definition) is 2. The van der Waals surface area contributed by atoms with E-state index in [-0.39, 0.29) is 22.9 Å². The first-order valence-corrected chi connectivity index (χ1v) is 10.3. The zero-order valence-electron chi connectivity index (χ0n) is 16.6. The summed E-state index contributed by atoms with van der Waals surface area (Å²) in [6, 6.07) is 8.78. The normalized spacial score (nSPS) is 10.8. The standard InChI is InChI=1S/C19H24N2O7S/c1-5-27-16-10-8-14(12-15(16)20-19(22)28-6-2)29(23,24)21-13-7-9-17(25-3)18(11-13)26-4/h7-12,21H,5-6H2,1-4H3,(H,20,22). The van der Waals surface area contributed by atoms with Crippen molar-refractivity contribution in [2.75, 3.05) is 37.5 Å². The van der Waals surface area contributed by atoms with Crippen LogP contribution in [0.3, 0.4) is 0 Å². The Kier molecular flexibility index (Phi) is 7.54. The number of nitrogens with one attached hydrogen (secondary N) is 2. The molecule has 158 valence electrons. The van der Waals surface area contributed by atoms with Gasteiger partial charge in [0.25, 0.3) is 10.0 Å². The van der Waals surface area contributed by atoms with Crippen LogP contribution in [-0.2, 0) is 14.8 Å². The highest BCUT2D eigenvalue weighted by Gasteiger charge is 2.19. The summed E-state index contributed by atoms with van der Waals surface area (Å²) in [4.78, 5) is 11.7. The number of carbonyl (C=O) groups excluding carboxylic acids is 1. The van der Waals surface area contributed by atoms with Crippen LogP contribution in [0.1, 0.15) is 13.8 Å². The van der Waals surface area contributed by atoms with Crippen molar-refractivity contribution in [1.82, 2.24) is 0 Å². The van der Waals surface area contributed by atoms with Crippen LogP contribution < -0.4 is 24.2 Å². The van der Waals surface area contributed by atoms with Crippen molar-refractivity contribution in [3.8, 4) is 17.2 Å². The molecule has 0 unspecified atom stereocenters. The maximum absolute atomic E-state index is 12.8. The first-order chi connectivity index (χ1) is 13.8. The third-order valence-electron chi connectivity index (χ3n) is 3.71. The maximum Gasteiger partial charge on any atom is 0.411 e. The Labute approximate surface area is 170 Å². The van der Waals surface area contributed by atoms with Crippen LogP contribution in [0.25, 0.3) is 0 Å². The number of ether oxygens (including phenoxy) is 4. The second-order valence-electron chi connectivity index (χ2n) is 5.61. The van der Waals surface area contributed by atoms with Crippen molar-refractivity contribution in [1.29, 1.82) is 0 Å². The minimum atomic E-state index is -3.95. The van der Waals surface area contributed by atoms with E-state index < -0.39 is 16.1 Å². The van der Waals surface area contributed by atoms with Gasteiger partial charge in [-0.15, -0.1) is 0 Å². The first-order valence-electron chi connectivity index (χ1n) is 8.80. The average molecular weight is 424 g/mol. The van der Waals surface area contributed by atoms with Gasteiger partial charge in [-0.3, -0.25) is 10.0 Å². The Morgan fingerprint density at radius 3 is 2.24 bits per heavy atom. The highest BCUT2D eigenvalue weighted by atomic mass is 32.2. The Bertz CT molecular complexity index is 961. The van der Waals surface area contributed by atoms with E-state index in [1.807, 2.05) is 0 Å². The molecule has 0 spiro atoms. The molecule has 0 aliphatic carbocycles. The molecule has 9 nitrogen and oxygen atoms in total. The number of amides is 1. The quantitative estimate of drug-likeness (QED) is 0.634. The van der Waals surface area contributed by atoms with Gasteiger partial charge in [0.05, 0.1) is 43.7 Å². The molecule has 29 heavy (non-hydrogen) atoms. The van der Waals surface area contributed by atoms with Crippen molar-refractivity contribution in [3.05, 3.63) is 36.4 Å². The summed E-state index contributed by atoms with van der Waals surface area (Å²) >= 11 is 0. The molecule has 0 saturated carbocycles. The lowest BCUT2D eigenvalue weighted by Crippen LogP contribution is -2.16. The molecule has 0 heterocycles. The molecule has 0 atom stereocenters. The summed E-state index contributed by atoms with van der Waals surface area (Å²) in [5, 5.41) is 2.49. The Morgan fingerprint density at radius 2 is 1.62 bits per heavy atom. The zero-order valence-corrected chi connectivity index (χ0v) is 17.5. The van der Waals surface area contributed by atoms with E-state index in [4.69, 9.17) is 18.9 Å². The molecule has 0 aliphatic heterocycles. The second-order valence-corrected chi connectivity index (χ2v) is 7.29. The Morgan fingerprint density at radius 1 is 0.931 bits per heavy atom. The average Bonchev–Trinajstić information content (AvgIpc) is 2.69. The molecular weight excluding hydrogens is 400 g/mol. The van der Waals surface area contributed by atoms with Crippen LogP contribution in [-0.4, -0.2) is 41.9 Å². The van der Waals surface area contributed by atoms with Crippen molar-refractivity contribution >= 4 is 27.5 Å². The fourth-order valence-corrected chi connectivity index (χ4v) is 3.52. The van der Waals surface area contributed by atoms with Gasteiger partial charge in [-0.05, 0) is 44.2 Å². The molecule has 2 aromatic carbocycles. The summed E-state index contributed by atoms with van der Waals surface area (Å²) in [5.74, 6) is 1.17. The van der Waals surface area contributed by atoms with E-state index in [0.717, 1.165) is 0 Å². The van der Waals surface area contributed by atoms with Crippen LogP contribution in [0.4, 0.5) is 16.2 Å². The van der Waals surface area contributed by atoms with E-state index in [1.165, 1.54) is 38.5 Å². The molecule has 2 N–H and O–H groups in total. The van der Waals surface area contributed by atoms with Gasteiger partial charge in [0, 0.05) is 6.07 Å². The van der Waals surface area contributed by atoms with Gasteiger partial charge < -0.3 is 18.9 Å². The van der Waals surface area contributed by atoms with Crippen LogP contribution in [0.2, 0.25) is 0 Å². The van der Waals surface area contributed by atoms with Gasteiger partial charge in [-0.25, -0.2) is 13.2 Å². The van der Waals surface area contributed by atoms with Crippen LogP contribution in [0.15, 0.2) is 41.3 Å². The van der Waals surface area contributed by atoms with E-state index in [0.29, 0.717) is 23.9 Å². The van der Waals surface area contributed by atoms with Crippen molar-refractivity contribution in [3.63, 3.8) is 0 Å². The van der Waals surface area contributed by atoms with Gasteiger partial charge in [0.15, 0.2) is 11.5 Å². The molecule has 0 aliphatic rings. The smallest absolute Gasteiger partial charge is 0.411 e. The molecule has 1 amide bonds. The van der Waals surface area contributed by atoms with E-state index in [1.54, 1.807) is 26.0 Å². The molecule has 0 fully saturated rings. The highest BCUT2D eigenvalue weighted by Crippen LogP contribution is 2.32. The first kappa shape index (κ1) is 22.2. The van der Waals surface area contributed by atoms with E-state index >= 15 is 0 Å². The summed E-state index contributed by atoms with van der Waals surface area (Å²) in [5.41, 5.74) is 0.469. The fourth-order valence-electron chi connectivity index (χ4n) is 2.45. The molecule has 0 aromatic heterocycles. The number of benzene rings is 2. The van der Waals surface area contributed by atoms with Crippen LogP contribution in [0.5, 0.6) is 17.2 Å². The predicted octanol–water partition coefficient (Wildman–Crippen LogP) is 3.47. The van der Waals surface area contributed by atoms with Gasteiger partial charge in [-0.1, -0.05) is 0 Å². The number of hydrogen-bond acceptors (Lipinski definition) is 7. The number of rotatable bonds is 9. The second kappa shape index (κ2) is 9.87. The van der Waals surface area contributed by atoms with Gasteiger partial charge in [0.1, 0.15) is 5.75 Å². The number of sulfonamides is 1. The molecular formula is C19H24N2O7S. The molecule has 10 heteroatoms. The molecule has 0 radical (unpaired) electrons. The molecule has 2 rings (SSSR count). The van der Waals surface area contributed by atoms with Crippen molar-refractivity contribution in [2.24, 2.45) is 0 Å². The van der Waals surface area contributed by atoms with Crippen LogP contribution in [0, 0.1) is 0 Å². The van der Waals surface area contributed by atoms with Crippen molar-refractivity contribution < 1.29 is 32.2 Å². The predicted molar refractivity (Wildman–Crippen MR) is 109 cm³/mol. The largest absolute Gasteiger partial charge is 0.493 e. The number of carbonyl (C=O) groups is 1. The van der Waals surface area contributed by atoms with Gasteiger partial charge in [-0.2, -0.15) is 0 Å². The molecule has 0 saturated heterocycles. The van der Waals surface area contributed by atoms with Gasteiger partial charge in [0.2, 0.25) is 0 Å². The Hall–Kier alpha value is -3.14. The summed E-state index contributed by atoms with van der Waals surface area (Å²) < 4.78 is 48.7. The topological polar surface area (TPSA) is 112 Å². The molecule has 0 bridgehead atoms. The third-order valence-corrected chi connectivity index (χ3v) is 5.09. The summed E-state index contributed by atoms with van der Waals surface area (Å²) in [6.45, 7) is 3.95. The zero-order chi connectivity index (χ0) is 21.4. The lowest BCUT2D eigenvalue weighted by Gasteiger charge is -2.15. The third kappa shape index (κ3) is 5.67. The number of anilines is 2. The summed E-state index contributed by atoms with van der Waals surface area (Å²) in [7, 11) is -1.01. The fraction of sp³-hybridized carbons (Fsp3) is 0.316. The van der Waals surface area contributed by atoms with Crippen molar-refractivity contribution in [2.45, 2.75) is 18.7 Å². The maximum atomic E-state index is 12.8. The lowest BCUT2D eigenvalue weighted by atomic mass is 10.3. The lowest BCUT2D eigenvalue weighted by molar-refractivity contribution is 0.167. The highest BCUT2D eigenvalue weighted by molar-refractivity contribution is 7.92. The SMILES string of the molecule is CCOC(=O)Nc1cc(S(=O)(=O)Nc2ccc(OC)c(OC)c2)ccc1OCC. The van der Waals surface area contributed by atoms with E-state index in [9.17, 15) is 13.2 Å². The molecule has 2 aromatic rings. The monoisotopic (exact) mass is 424 g/mol. The minimum Gasteiger partial charge on any atom is -0.493 e. The Balaban J connectivity index is 2.35. The number of methoxy groups -OCH3 is 2. The van der Waals surface area contributed by atoms with Gasteiger partial charge >= 0.3 is 6.09 Å².